The highest BCUT2D eigenvalue weighted by Gasteiger charge is 2.23. The van der Waals surface area contributed by atoms with Gasteiger partial charge >= 0.3 is 0 Å². The first-order chi connectivity index (χ1) is 10.6. The summed E-state index contributed by atoms with van der Waals surface area (Å²) in [4.78, 5) is 0. The Bertz CT molecular complexity index is 580. The maximum atomic E-state index is 12.0. The predicted molar refractivity (Wildman–Crippen MR) is 64.4 cm³/mol. The Balaban J connectivity index is 3.73. The fourth-order valence-electron chi connectivity index (χ4n) is 0.668. The lowest BCUT2D eigenvalue weighted by Gasteiger charge is -2.24. The van der Waals surface area contributed by atoms with Crippen LogP contribution in [0.2, 0.25) is 0 Å². The number of aliphatic hydroxyl groups is 1. The lowest BCUT2D eigenvalue weighted by atomic mass is 9.88. The summed E-state index contributed by atoms with van der Waals surface area (Å²) in [5.74, 6) is -3.38. The summed E-state index contributed by atoms with van der Waals surface area (Å²) < 4.78 is 92.5. The molecular weight excluding hydrogens is 210 g/mol. The zero-order chi connectivity index (χ0) is 20.5. The molecule has 1 aliphatic carbocycles. The van der Waals surface area contributed by atoms with E-state index in [1.54, 1.807) is 0 Å². The maximum absolute atomic E-state index is 12.0. The van der Waals surface area contributed by atoms with E-state index in [4.69, 9.17) is 13.7 Å². The van der Waals surface area contributed by atoms with Crippen LogP contribution in [-0.2, 0) is 11.0 Å². The van der Waals surface area contributed by atoms with Crippen LogP contribution in [0.25, 0.3) is 0 Å². The van der Waals surface area contributed by atoms with Crippen LogP contribution < -0.4 is 0 Å². The Morgan fingerprint density at radius 3 is 2.73 bits per heavy atom. The van der Waals surface area contributed by atoms with Gasteiger partial charge in [0.2, 0.25) is 0 Å². The summed E-state index contributed by atoms with van der Waals surface area (Å²) in [5, 5.41) is 10.3. The lowest BCUT2D eigenvalue weighted by Crippen LogP contribution is -2.26. The van der Waals surface area contributed by atoms with Crippen LogP contribution in [0.4, 0.5) is 0 Å². The smallest absolute Gasteiger partial charge is 0.144 e. The fraction of sp³-hybridized carbons (Fsp3) is 0.909. The largest absolute Gasteiger partial charge is 0.392 e. The molecule has 0 saturated heterocycles. The summed E-state index contributed by atoms with van der Waals surface area (Å²) >= 11 is 0. The summed E-state index contributed by atoms with van der Waals surface area (Å²) in [6.45, 7) is 4.53. The second-order valence-electron chi connectivity index (χ2n) is 3.86. The van der Waals surface area contributed by atoms with Gasteiger partial charge < -0.3 is 5.11 Å². The first-order valence-electron chi connectivity index (χ1n) is 9.32. The van der Waals surface area contributed by atoms with Gasteiger partial charge in [-0.15, -0.1) is 0 Å². The first-order valence-corrected chi connectivity index (χ1v) is 5.43. The molecule has 0 heterocycles. The van der Waals surface area contributed by atoms with Crippen molar-refractivity contribution in [2.24, 2.45) is 10.3 Å². The van der Waals surface area contributed by atoms with Gasteiger partial charge in [-0.1, -0.05) is 12.7 Å². The number of hydrogen-bond acceptors (Lipinski definition) is 2. The van der Waals surface area contributed by atoms with Crippen LogP contribution in [0.3, 0.4) is 0 Å². The zero-order valence-corrected chi connectivity index (χ0v) is 9.60. The molecule has 3 nitrogen and oxygen atoms in total. The highest BCUT2D eigenvalue weighted by atomic mass is 32.2. The van der Waals surface area contributed by atoms with E-state index in [9.17, 15) is 9.32 Å². The highest BCUT2D eigenvalue weighted by molar-refractivity contribution is 7.85. The molecule has 15 heavy (non-hydrogen) atoms. The molecule has 1 N–H and O–H groups in total. The van der Waals surface area contributed by atoms with Crippen molar-refractivity contribution in [3.8, 4) is 0 Å². The van der Waals surface area contributed by atoms with Gasteiger partial charge in [0.05, 0.1) is 12.2 Å². The third-order valence-electron chi connectivity index (χ3n) is 1.50. The van der Waals surface area contributed by atoms with E-state index in [0.717, 1.165) is 0 Å². The van der Waals surface area contributed by atoms with Gasteiger partial charge in [0.1, 0.15) is 11.0 Å². The van der Waals surface area contributed by atoms with Gasteiger partial charge in [0.25, 0.3) is 0 Å². The van der Waals surface area contributed by atoms with Crippen molar-refractivity contribution in [2.75, 3.05) is 0 Å². The van der Waals surface area contributed by atoms with E-state index in [1.165, 1.54) is 20.8 Å². The number of hydrogen-bond donors (Lipinski definition) is 1. The first kappa shape index (κ1) is 4.57. The Morgan fingerprint density at radius 2 is 2.13 bits per heavy atom. The molecule has 3 atom stereocenters. The Hall–Kier alpha value is -0.220. The highest BCUT2D eigenvalue weighted by Crippen LogP contribution is 2.23. The van der Waals surface area contributed by atoms with Crippen LogP contribution in [0, 0.1) is 5.89 Å². The van der Waals surface area contributed by atoms with E-state index in [0.29, 0.717) is 0 Å². The maximum Gasteiger partial charge on any atom is 0.144 e. The van der Waals surface area contributed by atoms with Crippen molar-refractivity contribution in [2.45, 2.75) is 57.1 Å². The molecule has 1 saturated carbocycles. The van der Waals surface area contributed by atoms with E-state index in [-0.39, 0.29) is 6.21 Å². The molecule has 0 aromatic carbocycles. The van der Waals surface area contributed by atoms with Gasteiger partial charge in [-0.05, 0) is 33.5 Å². The molecule has 88 valence electrons. The third-order valence-corrected chi connectivity index (χ3v) is 2.84. The van der Waals surface area contributed by atoms with Gasteiger partial charge in [-0.2, -0.15) is 4.40 Å². The summed E-state index contributed by atoms with van der Waals surface area (Å²) in [6, 6.07) is 0. The predicted octanol–water partition coefficient (Wildman–Crippen LogP) is 2.07. The number of nitrogens with zero attached hydrogens (tertiary/aromatic N) is 1. The van der Waals surface area contributed by atoms with E-state index < -0.39 is 53.2 Å². The van der Waals surface area contributed by atoms with Crippen molar-refractivity contribution in [1.82, 2.24) is 0 Å². The zero-order valence-electron chi connectivity index (χ0n) is 18.8. The molecule has 1 rings (SSSR count). The summed E-state index contributed by atoms with van der Waals surface area (Å²) in [7, 11) is -2.05. The van der Waals surface area contributed by atoms with Crippen LogP contribution in [-0.4, -0.2) is 26.4 Å². The molecule has 1 fully saturated rings. The fourth-order valence-corrected chi connectivity index (χ4v) is 1.19. The van der Waals surface area contributed by atoms with E-state index in [1.807, 2.05) is 0 Å². The molecule has 0 radical (unpaired) electrons. The van der Waals surface area contributed by atoms with Crippen molar-refractivity contribution >= 4 is 17.2 Å². The molecule has 0 aromatic heterocycles. The van der Waals surface area contributed by atoms with Gasteiger partial charge in [-0.25, -0.2) is 4.21 Å². The average molecular weight is 241 g/mol. The second kappa shape index (κ2) is 5.21. The monoisotopic (exact) mass is 241 g/mol. The van der Waals surface area contributed by atoms with Crippen LogP contribution in [0.1, 0.15) is 60.0 Å². The standard InChI is InChI=1S/C11H21NO2S/c1-11(2,3)15(14)12-8-9-6-4-5-7-10(9)13/h8-10,13H,4-7H2,1-3H3/t9?,10?,15-/m0/s1/i4D2,5D2,6D2,7D2,9D,10D. The minimum atomic E-state index is -3.76. The summed E-state index contributed by atoms with van der Waals surface area (Å²) in [6.07, 6.45) is -18.0. The second-order valence-corrected chi connectivity index (χ2v) is 5.79. The van der Waals surface area contributed by atoms with Gasteiger partial charge in [0.15, 0.2) is 0 Å². The van der Waals surface area contributed by atoms with Crippen molar-refractivity contribution in [3.05, 3.63) is 0 Å². The topological polar surface area (TPSA) is 49.7 Å². The van der Waals surface area contributed by atoms with Crippen molar-refractivity contribution < 1.29 is 23.0 Å². The lowest BCUT2D eigenvalue weighted by molar-refractivity contribution is 0.103. The Morgan fingerprint density at radius 1 is 1.53 bits per heavy atom. The molecule has 0 bridgehead atoms. The minimum Gasteiger partial charge on any atom is -0.392 e. The SMILES string of the molecule is [2H]C1([2H])C([2H])([2H])C([2H])([2H])C([2H])(C=N[S@@](=O)C(C)(C)C)C([2H])(O)C1([2H])[2H]. The molecule has 0 spiro atoms. The quantitative estimate of drug-likeness (QED) is 0.752. The molecular formula is C11H21NO2S. The van der Waals surface area contributed by atoms with Gasteiger partial charge in [0, 0.05) is 24.4 Å². The summed E-state index contributed by atoms with van der Waals surface area (Å²) in [5.41, 5.74) is 0. The van der Waals surface area contributed by atoms with Crippen molar-refractivity contribution in [3.63, 3.8) is 0 Å². The van der Waals surface area contributed by atoms with Crippen LogP contribution in [0.5, 0.6) is 0 Å². The molecule has 0 aromatic rings. The third kappa shape index (κ3) is 4.03. The van der Waals surface area contributed by atoms with E-state index in [2.05, 4.69) is 4.40 Å². The molecule has 0 amide bonds. The Kier molecular flexibility index (Phi) is 1.59. The van der Waals surface area contributed by atoms with E-state index >= 15 is 0 Å². The van der Waals surface area contributed by atoms with Crippen LogP contribution in [0.15, 0.2) is 4.40 Å². The normalized spacial score (nSPS) is 63.7. The molecule has 0 aliphatic heterocycles. The minimum absolute atomic E-state index is 0.256. The molecule has 1 aliphatic rings. The van der Waals surface area contributed by atoms with Crippen molar-refractivity contribution in [1.29, 1.82) is 0 Å². The number of rotatable bonds is 2. The average Bonchev–Trinajstić information content (AvgIpc) is 2.40. The van der Waals surface area contributed by atoms with Crippen LogP contribution >= 0.6 is 0 Å². The molecule has 2 unspecified atom stereocenters. The Labute approximate surface area is 109 Å². The molecule has 4 heteroatoms. The van der Waals surface area contributed by atoms with Gasteiger partial charge in [-0.3, -0.25) is 0 Å².